The van der Waals surface area contributed by atoms with E-state index in [0.29, 0.717) is 23.1 Å². The van der Waals surface area contributed by atoms with Gasteiger partial charge in [-0.1, -0.05) is 6.92 Å². The molecule has 1 aromatic rings. The van der Waals surface area contributed by atoms with Crippen LogP contribution in [0.1, 0.15) is 33.6 Å². The van der Waals surface area contributed by atoms with Gasteiger partial charge < -0.3 is 10.4 Å². The van der Waals surface area contributed by atoms with Gasteiger partial charge in [0.25, 0.3) is 5.56 Å². The van der Waals surface area contributed by atoms with Gasteiger partial charge in [0.1, 0.15) is 4.47 Å². The van der Waals surface area contributed by atoms with E-state index >= 15 is 0 Å². The first kappa shape index (κ1) is 15.2. The predicted molar refractivity (Wildman–Crippen MR) is 75.9 cm³/mol. The normalized spacial score (nSPS) is 14.3. The Morgan fingerprint density at radius 1 is 1.56 bits per heavy atom. The maximum atomic E-state index is 11.9. The summed E-state index contributed by atoms with van der Waals surface area (Å²) in [6.45, 7) is 6.31. The Kier molecular flexibility index (Phi) is 5.81. The largest absolute Gasteiger partial charge is 0.393 e. The molecule has 0 saturated heterocycles. The first-order valence-electron chi connectivity index (χ1n) is 6.15. The Hall–Kier alpha value is -0.880. The van der Waals surface area contributed by atoms with Gasteiger partial charge in [-0.3, -0.25) is 4.79 Å². The molecule has 0 radical (unpaired) electrons. The highest BCUT2D eigenvalue weighted by Crippen LogP contribution is 2.18. The summed E-state index contributed by atoms with van der Waals surface area (Å²) >= 11 is 3.30. The number of aryl methyl sites for hydroxylation is 1. The van der Waals surface area contributed by atoms with Crippen molar-refractivity contribution in [3.8, 4) is 0 Å². The molecule has 2 atom stereocenters. The number of aliphatic hydroxyl groups excluding tert-OH is 1. The van der Waals surface area contributed by atoms with E-state index in [9.17, 15) is 9.90 Å². The minimum absolute atomic E-state index is 0.0736. The zero-order chi connectivity index (χ0) is 13.7. The molecule has 18 heavy (non-hydrogen) atoms. The molecule has 102 valence electrons. The summed E-state index contributed by atoms with van der Waals surface area (Å²) in [6.07, 6.45) is 2.74. The number of nitrogens with one attached hydrogen (secondary N) is 1. The number of rotatable bonds is 6. The van der Waals surface area contributed by atoms with Crippen molar-refractivity contribution in [2.24, 2.45) is 0 Å². The first-order valence-corrected chi connectivity index (χ1v) is 6.95. The van der Waals surface area contributed by atoms with Crippen molar-refractivity contribution in [2.75, 3.05) is 5.32 Å². The van der Waals surface area contributed by atoms with Crippen LogP contribution in [0.15, 0.2) is 15.5 Å². The smallest absolute Gasteiger partial charge is 0.283 e. The molecule has 0 aromatic carbocycles. The van der Waals surface area contributed by atoms with E-state index in [1.807, 2.05) is 13.8 Å². The summed E-state index contributed by atoms with van der Waals surface area (Å²) in [5.74, 6) is 0. The lowest BCUT2D eigenvalue weighted by Crippen LogP contribution is -2.27. The molecule has 0 saturated carbocycles. The van der Waals surface area contributed by atoms with Gasteiger partial charge in [-0.15, -0.1) is 0 Å². The third-order valence-electron chi connectivity index (χ3n) is 2.52. The number of hydrogen-bond donors (Lipinski definition) is 2. The Morgan fingerprint density at radius 2 is 2.22 bits per heavy atom. The highest BCUT2D eigenvalue weighted by atomic mass is 79.9. The predicted octanol–water partition coefficient (Wildman–Crippen LogP) is 1.99. The van der Waals surface area contributed by atoms with Crippen molar-refractivity contribution in [1.29, 1.82) is 0 Å². The Labute approximate surface area is 115 Å². The van der Waals surface area contributed by atoms with E-state index in [1.54, 1.807) is 13.1 Å². The lowest BCUT2D eigenvalue weighted by molar-refractivity contribution is 0.179. The first-order chi connectivity index (χ1) is 8.45. The van der Waals surface area contributed by atoms with Crippen LogP contribution in [0.2, 0.25) is 0 Å². The van der Waals surface area contributed by atoms with Gasteiger partial charge >= 0.3 is 0 Å². The molecule has 0 bridgehead atoms. The number of aliphatic hydroxyl groups is 1. The second kappa shape index (κ2) is 6.89. The van der Waals surface area contributed by atoms with E-state index < -0.39 is 0 Å². The van der Waals surface area contributed by atoms with Crippen LogP contribution >= 0.6 is 15.9 Å². The summed E-state index contributed by atoms with van der Waals surface area (Å²) in [6, 6.07) is 0.0736. The van der Waals surface area contributed by atoms with Crippen LogP contribution in [0, 0.1) is 0 Å². The monoisotopic (exact) mass is 317 g/mol. The van der Waals surface area contributed by atoms with Crippen molar-refractivity contribution < 1.29 is 5.11 Å². The summed E-state index contributed by atoms with van der Waals surface area (Å²) in [4.78, 5) is 11.9. The quantitative estimate of drug-likeness (QED) is 0.842. The van der Waals surface area contributed by atoms with Crippen LogP contribution in [0.3, 0.4) is 0 Å². The molecule has 0 amide bonds. The number of nitrogens with zero attached hydrogens (tertiary/aromatic N) is 2. The van der Waals surface area contributed by atoms with Crippen LogP contribution in [0.4, 0.5) is 5.69 Å². The summed E-state index contributed by atoms with van der Waals surface area (Å²) in [7, 11) is 0. The Bertz CT molecular complexity index is 445. The third kappa shape index (κ3) is 4.10. The fraction of sp³-hybridized carbons (Fsp3) is 0.667. The van der Waals surface area contributed by atoms with Crippen molar-refractivity contribution in [2.45, 2.75) is 52.3 Å². The van der Waals surface area contributed by atoms with Crippen molar-refractivity contribution in [3.05, 3.63) is 21.0 Å². The molecule has 0 spiro atoms. The van der Waals surface area contributed by atoms with E-state index in [-0.39, 0.29) is 17.7 Å². The van der Waals surface area contributed by atoms with Gasteiger partial charge in [-0.2, -0.15) is 5.10 Å². The molecule has 1 aromatic heterocycles. The molecule has 2 N–H and O–H groups in total. The summed E-state index contributed by atoms with van der Waals surface area (Å²) in [5.41, 5.74) is 0.534. The second-order valence-corrected chi connectivity index (χ2v) is 5.32. The highest BCUT2D eigenvalue weighted by Gasteiger charge is 2.12. The molecular weight excluding hydrogens is 298 g/mol. The Balaban J connectivity index is 2.85. The zero-order valence-electron chi connectivity index (χ0n) is 11.0. The zero-order valence-corrected chi connectivity index (χ0v) is 12.6. The minimum Gasteiger partial charge on any atom is -0.393 e. The number of halogens is 1. The Morgan fingerprint density at radius 3 is 2.78 bits per heavy atom. The van der Waals surface area contributed by atoms with Crippen molar-refractivity contribution in [3.63, 3.8) is 0 Å². The van der Waals surface area contributed by atoms with Gasteiger partial charge in [-0.25, -0.2) is 4.68 Å². The molecule has 5 nitrogen and oxygen atoms in total. The fourth-order valence-corrected chi connectivity index (χ4v) is 2.19. The number of aromatic nitrogens is 2. The van der Waals surface area contributed by atoms with Gasteiger partial charge in [0.15, 0.2) is 0 Å². The van der Waals surface area contributed by atoms with Gasteiger partial charge in [0, 0.05) is 12.6 Å². The highest BCUT2D eigenvalue weighted by molar-refractivity contribution is 9.10. The van der Waals surface area contributed by atoms with Crippen molar-refractivity contribution >= 4 is 21.6 Å². The average molecular weight is 318 g/mol. The molecular formula is C12H20BrN3O2. The fourth-order valence-electron chi connectivity index (χ4n) is 1.77. The lowest BCUT2D eigenvalue weighted by Gasteiger charge is -2.17. The van der Waals surface area contributed by atoms with Crippen LogP contribution in [0.5, 0.6) is 0 Å². The molecule has 0 fully saturated rings. The molecule has 0 aliphatic heterocycles. The standard InChI is InChI=1S/C12H20BrN3O2/c1-4-5-16-12(18)11(13)10(7-14-16)15-8(2)6-9(3)17/h7-9,15,17H,4-6H2,1-3H3. The van der Waals surface area contributed by atoms with Crippen LogP contribution < -0.4 is 10.9 Å². The van der Waals surface area contributed by atoms with E-state index in [1.165, 1.54) is 4.68 Å². The molecule has 2 unspecified atom stereocenters. The molecule has 0 aliphatic carbocycles. The van der Waals surface area contributed by atoms with Gasteiger partial charge in [0.05, 0.1) is 18.0 Å². The topological polar surface area (TPSA) is 67.2 Å². The minimum atomic E-state index is -0.375. The third-order valence-corrected chi connectivity index (χ3v) is 3.28. The molecule has 0 aliphatic rings. The number of hydrogen-bond acceptors (Lipinski definition) is 4. The summed E-state index contributed by atoms with van der Waals surface area (Å²) < 4.78 is 1.93. The molecule has 1 rings (SSSR count). The van der Waals surface area contributed by atoms with Crippen LogP contribution in [-0.2, 0) is 6.54 Å². The second-order valence-electron chi connectivity index (χ2n) is 4.53. The SMILES string of the molecule is CCCn1ncc(NC(C)CC(C)O)c(Br)c1=O. The molecule has 1 heterocycles. The summed E-state index contributed by atoms with van der Waals surface area (Å²) in [5, 5.41) is 16.6. The van der Waals surface area contributed by atoms with Gasteiger partial charge in [-0.05, 0) is 42.6 Å². The average Bonchev–Trinajstić information content (AvgIpc) is 2.28. The van der Waals surface area contributed by atoms with Gasteiger partial charge in [0.2, 0.25) is 0 Å². The van der Waals surface area contributed by atoms with E-state index in [0.717, 1.165) is 6.42 Å². The molecule has 6 heteroatoms. The van der Waals surface area contributed by atoms with Crippen LogP contribution in [0.25, 0.3) is 0 Å². The van der Waals surface area contributed by atoms with Crippen molar-refractivity contribution in [1.82, 2.24) is 9.78 Å². The maximum Gasteiger partial charge on any atom is 0.283 e. The number of anilines is 1. The maximum absolute atomic E-state index is 11.9. The van der Waals surface area contributed by atoms with Crippen LogP contribution in [-0.4, -0.2) is 27.0 Å². The lowest BCUT2D eigenvalue weighted by atomic mass is 10.1. The van der Waals surface area contributed by atoms with E-state index in [2.05, 4.69) is 26.3 Å². The van der Waals surface area contributed by atoms with E-state index in [4.69, 9.17) is 0 Å².